The van der Waals surface area contributed by atoms with Gasteiger partial charge in [0.25, 0.3) is 5.91 Å². The number of hydrogen-bond acceptors (Lipinski definition) is 5. The van der Waals surface area contributed by atoms with Crippen LogP contribution < -0.4 is 21.1 Å². The van der Waals surface area contributed by atoms with Gasteiger partial charge in [-0.05, 0) is 25.2 Å². The van der Waals surface area contributed by atoms with E-state index in [0.29, 0.717) is 28.4 Å². The van der Waals surface area contributed by atoms with Crippen molar-refractivity contribution in [3.63, 3.8) is 0 Å². The van der Waals surface area contributed by atoms with Gasteiger partial charge in [0.05, 0.1) is 7.11 Å². The Morgan fingerprint density at radius 1 is 1.50 bits per heavy atom. The van der Waals surface area contributed by atoms with E-state index < -0.39 is 0 Å². The van der Waals surface area contributed by atoms with Gasteiger partial charge in [-0.1, -0.05) is 13.3 Å². The summed E-state index contributed by atoms with van der Waals surface area (Å²) in [6.45, 7) is 2.20. The number of nitrogen functional groups attached to an aromatic ring is 1. The van der Waals surface area contributed by atoms with Crippen LogP contribution in [-0.4, -0.2) is 25.1 Å². The second-order valence-corrected chi connectivity index (χ2v) is 6.63. The molecule has 20 heavy (non-hydrogen) atoms. The van der Waals surface area contributed by atoms with Crippen molar-refractivity contribution in [1.29, 1.82) is 0 Å². The standard InChI is InChI=1S/C14H21N3O2S/c1-3-7-6-9(7)17-14-11(19-2)10(15)12(20-14)13(18)16-8-4-5-8/h7-9,17H,3-6,15H2,1-2H3,(H,16,18). The Hall–Kier alpha value is -1.43. The molecule has 3 rings (SSSR count). The average molecular weight is 295 g/mol. The van der Waals surface area contributed by atoms with E-state index in [9.17, 15) is 4.79 Å². The van der Waals surface area contributed by atoms with Gasteiger partial charge in [-0.2, -0.15) is 0 Å². The van der Waals surface area contributed by atoms with E-state index in [2.05, 4.69) is 17.6 Å². The second-order valence-electron chi connectivity index (χ2n) is 5.61. The van der Waals surface area contributed by atoms with E-state index in [1.165, 1.54) is 24.2 Å². The third-order valence-corrected chi connectivity index (χ3v) is 5.10. The Bertz CT molecular complexity index is 525. The normalized spacial score (nSPS) is 24.3. The van der Waals surface area contributed by atoms with Gasteiger partial charge in [0.15, 0.2) is 5.75 Å². The molecule has 1 heterocycles. The molecule has 2 aliphatic carbocycles. The fourth-order valence-electron chi connectivity index (χ4n) is 2.42. The van der Waals surface area contributed by atoms with Crippen LogP contribution in [0, 0.1) is 5.92 Å². The molecule has 2 fully saturated rings. The van der Waals surface area contributed by atoms with E-state index in [4.69, 9.17) is 10.5 Å². The summed E-state index contributed by atoms with van der Waals surface area (Å²) in [6, 6.07) is 0.825. The number of carbonyl (C=O) groups is 1. The quantitative estimate of drug-likeness (QED) is 0.753. The number of amides is 1. The number of methoxy groups -OCH3 is 1. The molecule has 1 aromatic rings. The summed E-state index contributed by atoms with van der Waals surface area (Å²) < 4.78 is 5.37. The number of hydrogen-bond donors (Lipinski definition) is 3. The summed E-state index contributed by atoms with van der Waals surface area (Å²) in [5, 5.41) is 7.31. The Balaban J connectivity index is 1.77. The van der Waals surface area contributed by atoms with Gasteiger partial charge in [0, 0.05) is 12.1 Å². The third-order valence-electron chi connectivity index (χ3n) is 3.99. The van der Waals surface area contributed by atoms with E-state index in [-0.39, 0.29) is 5.91 Å². The number of anilines is 2. The maximum Gasteiger partial charge on any atom is 0.263 e. The smallest absolute Gasteiger partial charge is 0.263 e. The number of nitrogens with one attached hydrogen (secondary N) is 2. The summed E-state index contributed by atoms with van der Waals surface area (Å²) in [4.78, 5) is 12.7. The first-order valence-corrected chi connectivity index (χ1v) is 7.99. The molecule has 2 atom stereocenters. The minimum atomic E-state index is -0.0795. The summed E-state index contributed by atoms with van der Waals surface area (Å²) in [6.07, 6.45) is 4.50. The molecule has 2 saturated carbocycles. The molecular formula is C14H21N3O2S. The molecule has 0 bridgehead atoms. The molecule has 6 heteroatoms. The first-order valence-electron chi connectivity index (χ1n) is 7.17. The zero-order valence-corrected chi connectivity index (χ0v) is 12.7. The molecule has 0 saturated heterocycles. The van der Waals surface area contributed by atoms with Gasteiger partial charge in [0.2, 0.25) is 0 Å². The average Bonchev–Trinajstić information content (AvgIpc) is 3.32. The van der Waals surface area contributed by atoms with Crippen molar-refractivity contribution >= 4 is 27.9 Å². The van der Waals surface area contributed by atoms with E-state index in [1.54, 1.807) is 7.11 Å². The van der Waals surface area contributed by atoms with Crippen molar-refractivity contribution < 1.29 is 9.53 Å². The van der Waals surface area contributed by atoms with Crippen LogP contribution in [-0.2, 0) is 0 Å². The predicted octanol–water partition coefficient (Wildman–Crippen LogP) is 2.44. The number of nitrogens with two attached hydrogens (primary N) is 1. The molecule has 1 amide bonds. The number of rotatable bonds is 6. The summed E-state index contributed by atoms with van der Waals surface area (Å²) in [5.74, 6) is 1.26. The van der Waals surface area contributed by atoms with Crippen LogP contribution in [0.25, 0.3) is 0 Å². The van der Waals surface area contributed by atoms with Crippen LogP contribution in [0.2, 0.25) is 0 Å². The molecule has 2 unspecified atom stereocenters. The highest BCUT2D eigenvalue weighted by Crippen LogP contribution is 2.46. The minimum Gasteiger partial charge on any atom is -0.492 e. The number of carbonyl (C=O) groups excluding carboxylic acids is 1. The van der Waals surface area contributed by atoms with Crippen LogP contribution in [0.4, 0.5) is 10.7 Å². The van der Waals surface area contributed by atoms with Crippen LogP contribution in [0.3, 0.4) is 0 Å². The van der Waals surface area contributed by atoms with Crippen molar-refractivity contribution in [2.75, 3.05) is 18.2 Å². The molecule has 0 aliphatic heterocycles. The predicted molar refractivity (Wildman–Crippen MR) is 81.6 cm³/mol. The van der Waals surface area contributed by atoms with Crippen molar-refractivity contribution in [1.82, 2.24) is 5.32 Å². The highest BCUT2D eigenvalue weighted by molar-refractivity contribution is 7.19. The Morgan fingerprint density at radius 2 is 2.25 bits per heavy atom. The fraction of sp³-hybridized carbons (Fsp3) is 0.643. The largest absolute Gasteiger partial charge is 0.492 e. The first-order chi connectivity index (χ1) is 9.63. The van der Waals surface area contributed by atoms with E-state index >= 15 is 0 Å². The minimum absolute atomic E-state index is 0.0795. The topological polar surface area (TPSA) is 76.4 Å². The van der Waals surface area contributed by atoms with Crippen molar-refractivity contribution in [3.05, 3.63) is 4.88 Å². The molecule has 110 valence electrons. The van der Waals surface area contributed by atoms with E-state index in [0.717, 1.165) is 23.8 Å². The van der Waals surface area contributed by atoms with E-state index in [1.807, 2.05) is 0 Å². The molecule has 0 spiro atoms. The lowest BCUT2D eigenvalue weighted by atomic mass is 10.3. The Morgan fingerprint density at radius 3 is 2.80 bits per heavy atom. The van der Waals surface area contributed by atoms with Gasteiger partial charge in [-0.15, -0.1) is 11.3 Å². The van der Waals surface area contributed by atoms with Gasteiger partial charge in [-0.25, -0.2) is 0 Å². The third kappa shape index (κ3) is 2.57. The highest BCUT2D eigenvalue weighted by atomic mass is 32.1. The lowest BCUT2D eigenvalue weighted by Gasteiger charge is -2.06. The summed E-state index contributed by atoms with van der Waals surface area (Å²) >= 11 is 1.40. The molecule has 1 aromatic heterocycles. The summed E-state index contributed by atoms with van der Waals surface area (Å²) in [7, 11) is 1.59. The maximum atomic E-state index is 12.2. The highest BCUT2D eigenvalue weighted by Gasteiger charge is 2.37. The molecular weight excluding hydrogens is 274 g/mol. The molecule has 5 nitrogen and oxygen atoms in total. The SMILES string of the molecule is CCC1CC1Nc1sc(C(=O)NC2CC2)c(N)c1OC. The number of ether oxygens (including phenoxy) is 1. The Labute approximate surface area is 122 Å². The summed E-state index contributed by atoms with van der Waals surface area (Å²) in [5.41, 5.74) is 6.51. The van der Waals surface area contributed by atoms with Gasteiger partial charge in [0.1, 0.15) is 15.6 Å². The van der Waals surface area contributed by atoms with Crippen LogP contribution >= 0.6 is 11.3 Å². The lowest BCUT2D eigenvalue weighted by molar-refractivity contribution is 0.0956. The molecule has 0 radical (unpaired) electrons. The molecule has 0 aromatic carbocycles. The van der Waals surface area contributed by atoms with Crippen LogP contribution in [0.15, 0.2) is 0 Å². The van der Waals surface area contributed by atoms with Gasteiger partial charge >= 0.3 is 0 Å². The molecule has 4 N–H and O–H groups in total. The van der Waals surface area contributed by atoms with Crippen molar-refractivity contribution in [2.45, 2.75) is 44.7 Å². The molecule has 2 aliphatic rings. The Kier molecular flexibility index (Phi) is 3.50. The van der Waals surface area contributed by atoms with Gasteiger partial charge in [-0.3, -0.25) is 4.79 Å². The van der Waals surface area contributed by atoms with Crippen molar-refractivity contribution in [3.8, 4) is 5.75 Å². The van der Waals surface area contributed by atoms with Crippen molar-refractivity contribution in [2.24, 2.45) is 5.92 Å². The lowest BCUT2D eigenvalue weighted by Crippen LogP contribution is -2.25. The van der Waals surface area contributed by atoms with Crippen LogP contribution in [0.5, 0.6) is 5.75 Å². The zero-order valence-electron chi connectivity index (χ0n) is 11.9. The zero-order chi connectivity index (χ0) is 14.3. The fourth-order valence-corrected chi connectivity index (χ4v) is 3.47. The van der Waals surface area contributed by atoms with Gasteiger partial charge < -0.3 is 21.1 Å². The van der Waals surface area contributed by atoms with Crippen LogP contribution in [0.1, 0.15) is 42.3 Å². The first kappa shape index (κ1) is 13.5. The maximum absolute atomic E-state index is 12.2. The monoisotopic (exact) mass is 295 g/mol. The number of thiophene rings is 1. The second kappa shape index (κ2) is 5.16.